The average molecular weight is 325 g/mol. The Bertz CT molecular complexity index is 765. The van der Waals surface area contributed by atoms with Gasteiger partial charge in [-0.05, 0) is 24.3 Å². The smallest absolute Gasteiger partial charge is 0.216 e. The fourth-order valence-electron chi connectivity index (χ4n) is 2.12. The molecule has 8 heteroatoms. The van der Waals surface area contributed by atoms with Crippen LogP contribution in [0.2, 0.25) is 0 Å². The van der Waals surface area contributed by atoms with Gasteiger partial charge >= 0.3 is 0 Å². The number of nitrogens with one attached hydrogen (secondary N) is 3. The van der Waals surface area contributed by atoms with Crippen LogP contribution in [0.15, 0.2) is 52.2 Å². The van der Waals surface area contributed by atoms with Gasteiger partial charge in [0.25, 0.3) is 0 Å². The number of hydrogen-bond acceptors (Lipinski definition) is 5. The lowest BCUT2D eigenvalue weighted by Gasteiger charge is -2.10. The Hall–Kier alpha value is -3.16. The van der Waals surface area contributed by atoms with Gasteiger partial charge in [-0.1, -0.05) is 6.07 Å². The predicted octanol–water partition coefficient (Wildman–Crippen LogP) is 1.37. The number of aromatic nitrogens is 4. The van der Waals surface area contributed by atoms with Crippen LogP contribution in [-0.4, -0.2) is 39.7 Å². The van der Waals surface area contributed by atoms with Crippen molar-refractivity contribution in [3.8, 4) is 11.6 Å². The van der Waals surface area contributed by atoms with E-state index < -0.39 is 0 Å². The molecule has 0 radical (unpaired) electrons. The van der Waals surface area contributed by atoms with Crippen molar-refractivity contribution in [2.75, 3.05) is 13.6 Å². The Morgan fingerprint density at radius 3 is 2.96 bits per heavy atom. The Morgan fingerprint density at radius 1 is 1.25 bits per heavy atom. The summed E-state index contributed by atoms with van der Waals surface area (Å²) in [5.41, 5.74) is 0.957. The summed E-state index contributed by atoms with van der Waals surface area (Å²) in [7, 11) is 1.73. The molecule has 0 aliphatic rings. The van der Waals surface area contributed by atoms with Crippen molar-refractivity contribution in [2.45, 2.75) is 13.0 Å². The van der Waals surface area contributed by atoms with E-state index in [1.165, 1.54) is 0 Å². The fraction of sp³-hybridized carbons (Fsp3) is 0.250. The van der Waals surface area contributed by atoms with E-state index in [1.54, 1.807) is 19.5 Å². The lowest BCUT2D eigenvalue weighted by Crippen LogP contribution is -2.38. The molecule has 0 unspecified atom stereocenters. The number of rotatable bonds is 6. The lowest BCUT2D eigenvalue weighted by atomic mass is 10.3. The summed E-state index contributed by atoms with van der Waals surface area (Å²) in [6, 6.07) is 9.45. The minimum atomic E-state index is 0.563. The first-order chi connectivity index (χ1) is 11.8. The summed E-state index contributed by atoms with van der Waals surface area (Å²) in [5, 5.41) is 13.5. The Kier molecular flexibility index (Phi) is 5.18. The maximum absolute atomic E-state index is 5.27. The van der Waals surface area contributed by atoms with Gasteiger partial charge in [-0.2, -0.15) is 5.10 Å². The number of H-pyrrole nitrogens is 1. The quantitative estimate of drug-likeness (QED) is 0.467. The Morgan fingerprint density at radius 2 is 2.21 bits per heavy atom. The van der Waals surface area contributed by atoms with E-state index in [0.717, 1.165) is 11.5 Å². The number of aromatic amines is 1. The first kappa shape index (κ1) is 15.7. The first-order valence-corrected chi connectivity index (χ1v) is 7.65. The molecule has 0 spiro atoms. The number of nitrogens with zero attached hydrogens (tertiary/aromatic N) is 4. The summed E-state index contributed by atoms with van der Waals surface area (Å²) < 4.78 is 5.27. The zero-order valence-electron chi connectivity index (χ0n) is 13.4. The third-order valence-corrected chi connectivity index (χ3v) is 3.31. The second-order valence-corrected chi connectivity index (χ2v) is 5.01. The van der Waals surface area contributed by atoms with Crippen LogP contribution in [0.4, 0.5) is 0 Å². The first-order valence-electron chi connectivity index (χ1n) is 7.65. The summed E-state index contributed by atoms with van der Waals surface area (Å²) in [6.07, 6.45) is 4.07. The molecule has 124 valence electrons. The van der Waals surface area contributed by atoms with E-state index in [-0.39, 0.29) is 0 Å². The van der Waals surface area contributed by atoms with E-state index in [9.17, 15) is 0 Å². The van der Waals surface area contributed by atoms with E-state index >= 15 is 0 Å². The van der Waals surface area contributed by atoms with Crippen LogP contribution in [-0.2, 0) is 13.0 Å². The van der Waals surface area contributed by atoms with Gasteiger partial charge in [-0.3, -0.25) is 15.1 Å². The van der Waals surface area contributed by atoms with Gasteiger partial charge < -0.3 is 15.1 Å². The third kappa shape index (κ3) is 4.19. The van der Waals surface area contributed by atoms with Gasteiger partial charge in [0.15, 0.2) is 11.7 Å². The van der Waals surface area contributed by atoms with Crippen LogP contribution in [0.25, 0.3) is 11.6 Å². The SMILES string of the molecule is CN=C(NCCc1nc(-c2ccco2)n[nH]1)NCc1ccccn1. The van der Waals surface area contributed by atoms with Gasteiger partial charge in [0.05, 0.1) is 18.5 Å². The summed E-state index contributed by atoms with van der Waals surface area (Å²) >= 11 is 0. The van der Waals surface area contributed by atoms with Crippen LogP contribution in [0.5, 0.6) is 0 Å². The maximum Gasteiger partial charge on any atom is 0.216 e. The molecule has 8 nitrogen and oxygen atoms in total. The molecule has 0 amide bonds. The molecule has 3 aromatic rings. The second-order valence-electron chi connectivity index (χ2n) is 5.01. The highest BCUT2D eigenvalue weighted by Gasteiger charge is 2.08. The molecule has 0 saturated heterocycles. The zero-order valence-corrected chi connectivity index (χ0v) is 13.4. The molecule has 0 atom stereocenters. The highest BCUT2D eigenvalue weighted by molar-refractivity contribution is 5.79. The standard InChI is InChI=1S/C16H19N7O/c1-17-16(20-11-12-5-2-3-8-18-12)19-9-7-14-21-15(23-22-14)13-6-4-10-24-13/h2-6,8,10H,7,9,11H2,1H3,(H2,17,19,20)(H,21,22,23). The minimum Gasteiger partial charge on any atom is -0.461 e. The molecule has 3 N–H and O–H groups in total. The van der Waals surface area contributed by atoms with E-state index in [2.05, 4.69) is 35.8 Å². The molecule has 3 aromatic heterocycles. The number of pyridine rings is 1. The fourth-order valence-corrected chi connectivity index (χ4v) is 2.12. The van der Waals surface area contributed by atoms with Crippen molar-refractivity contribution in [1.82, 2.24) is 30.8 Å². The van der Waals surface area contributed by atoms with Crippen LogP contribution in [0, 0.1) is 0 Å². The minimum absolute atomic E-state index is 0.563. The highest BCUT2D eigenvalue weighted by atomic mass is 16.3. The van der Waals surface area contributed by atoms with Gasteiger partial charge in [0.1, 0.15) is 5.82 Å². The zero-order chi connectivity index (χ0) is 16.6. The normalized spacial score (nSPS) is 11.5. The summed E-state index contributed by atoms with van der Waals surface area (Å²) in [4.78, 5) is 12.8. The number of hydrogen-bond donors (Lipinski definition) is 3. The highest BCUT2D eigenvalue weighted by Crippen LogP contribution is 2.14. The van der Waals surface area contributed by atoms with Crippen molar-refractivity contribution < 1.29 is 4.42 Å². The Balaban J connectivity index is 1.45. The van der Waals surface area contributed by atoms with Gasteiger partial charge in [-0.25, -0.2) is 4.98 Å². The van der Waals surface area contributed by atoms with Crippen LogP contribution in [0.1, 0.15) is 11.5 Å². The number of aliphatic imine (C=N–C) groups is 1. The molecule has 0 fully saturated rings. The molecule has 24 heavy (non-hydrogen) atoms. The van der Waals surface area contributed by atoms with Crippen molar-refractivity contribution >= 4 is 5.96 Å². The molecule has 0 saturated carbocycles. The monoisotopic (exact) mass is 325 g/mol. The molecule has 3 heterocycles. The summed E-state index contributed by atoms with van der Waals surface area (Å²) in [5.74, 6) is 2.71. The lowest BCUT2D eigenvalue weighted by molar-refractivity contribution is 0.577. The predicted molar refractivity (Wildman–Crippen MR) is 90.2 cm³/mol. The largest absolute Gasteiger partial charge is 0.461 e. The number of guanidine groups is 1. The topological polar surface area (TPSA) is 104 Å². The van der Waals surface area contributed by atoms with Gasteiger partial charge in [-0.15, -0.1) is 0 Å². The van der Waals surface area contributed by atoms with Crippen molar-refractivity contribution in [3.05, 3.63) is 54.3 Å². The van der Waals surface area contributed by atoms with E-state index in [1.807, 2.05) is 30.3 Å². The van der Waals surface area contributed by atoms with Crippen molar-refractivity contribution in [2.24, 2.45) is 4.99 Å². The molecule has 0 bridgehead atoms. The van der Waals surface area contributed by atoms with Crippen molar-refractivity contribution in [3.63, 3.8) is 0 Å². The molecular formula is C16H19N7O. The molecule has 0 aliphatic carbocycles. The van der Waals surface area contributed by atoms with Crippen LogP contribution < -0.4 is 10.6 Å². The van der Waals surface area contributed by atoms with Gasteiger partial charge in [0, 0.05) is 26.2 Å². The summed E-state index contributed by atoms with van der Waals surface area (Å²) in [6.45, 7) is 1.29. The number of furan rings is 1. The van der Waals surface area contributed by atoms with Gasteiger partial charge in [0.2, 0.25) is 5.82 Å². The molecule has 3 rings (SSSR count). The van der Waals surface area contributed by atoms with E-state index in [4.69, 9.17) is 4.42 Å². The Labute approximate surface area is 139 Å². The van der Waals surface area contributed by atoms with E-state index in [0.29, 0.717) is 37.1 Å². The average Bonchev–Trinajstić information content (AvgIpc) is 3.30. The van der Waals surface area contributed by atoms with Crippen molar-refractivity contribution in [1.29, 1.82) is 0 Å². The third-order valence-electron chi connectivity index (χ3n) is 3.31. The van der Waals surface area contributed by atoms with Crippen LogP contribution >= 0.6 is 0 Å². The second kappa shape index (κ2) is 7.91. The molecule has 0 aliphatic heterocycles. The molecule has 0 aromatic carbocycles. The maximum atomic E-state index is 5.27. The van der Waals surface area contributed by atoms with Crippen LogP contribution in [0.3, 0.4) is 0 Å². The molecular weight excluding hydrogens is 306 g/mol.